The van der Waals surface area contributed by atoms with E-state index in [1.54, 1.807) is 18.7 Å². The van der Waals surface area contributed by atoms with E-state index in [9.17, 15) is 4.79 Å². The molecular formula is C13H19NO2S. The average molecular weight is 253 g/mol. The van der Waals surface area contributed by atoms with Crippen LogP contribution in [0.1, 0.15) is 12.5 Å². The number of rotatable bonds is 7. The maximum Gasteiger partial charge on any atom is 0.230 e. The van der Waals surface area contributed by atoms with Crippen LogP contribution in [0.25, 0.3) is 0 Å². The largest absolute Gasteiger partial charge is 0.394 e. The molecule has 17 heavy (non-hydrogen) atoms. The van der Waals surface area contributed by atoms with Gasteiger partial charge in [-0.1, -0.05) is 30.3 Å². The SMILES string of the molecule is C[C@@H](CO)NC(=O)CSCCc1ccccc1. The normalized spacial score (nSPS) is 12.1. The van der Waals surface area contributed by atoms with Crippen molar-refractivity contribution >= 4 is 17.7 Å². The number of aliphatic hydroxyl groups is 1. The molecule has 0 bridgehead atoms. The predicted molar refractivity (Wildman–Crippen MR) is 72.2 cm³/mol. The zero-order valence-corrected chi connectivity index (χ0v) is 10.9. The molecule has 0 fully saturated rings. The topological polar surface area (TPSA) is 49.3 Å². The van der Waals surface area contributed by atoms with Gasteiger partial charge in [-0.25, -0.2) is 0 Å². The first-order valence-corrected chi connectivity index (χ1v) is 6.89. The summed E-state index contributed by atoms with van der Waals surface area (Å²) in [6, 6.07) is 10.1. The van der Waals surface area contributed by atoms with E-state index >= 15 is 0 Å². The first-order valence-electron chi connectivity index (χ1n) is 5.74. The Morgan fingerprint density at radius 3 is 2.76 bits per heavy atom. The van der Waals surface area contributed by atoms with E-state index in [1.807, 2.05) is 18.2 Å². The molecule has 1 aromatic carbocycles. The van der Waals surface area contributed by atoms with Gasteiger partial charge in [0.1, 0.15) is 0 Å². The minimum absolute atomic E-state index is 0.00962. The zero-order chi connectivity index (χ0) is 12.5. The van der Waals surface area contributed by atoms with Gasteiger partial charge in [0.2, 0.25) is 5.91 Å². The van der Waals surface area contributed by atoms with Crippen LogP contribution in [0.2, 0.25) is 0 Å². The fraction of sp³-hybridized carbons (Fsp3) is 0.462. The number of hydrogen-bond donors (Lipinski definition) is 2. The lowest BCUT2D eigenvalue weighted by molar-refractivity contribution is -0.119. The Morgan fingerprint density at radius 1 is 1.41 bits per heavy atom. The second-order valence-corrected chi connectivity index (χ2v) is 5.04. The highest BCUT2D eigenvalue weighted by molar-refractivity contribution is 7.99. The summed E-state index contributed by atoms with van der Waals surface area (Å²) in [6.45, 7) is 1.77. The number of thioether (sulfide) groups is 1. The molecule has 1 rings (SSSR count). The molecule has 0 radical (unpaired) electrons. The second kappa shape index (κ2) is 8.14. The van der Waals surface area contributed by atoms with Crippen molar-refractivity contribution < 1.29 is 9.90 Å². The van der Waals surface area contributed by atoms with E-state index in [-0.39, 0.29) is 18.6 Å². The van der Waals surface area contributed by atoms with Crippen LogP contribution < -0.4 is 5.32 Å². The maximum atomic E-state index is 11.4. The van der Waals surface area contributed by atoms with Crippen molar-refractivity contribution in [3.05, 3.63) is 35.9 Å². The fourth-order valence-electron chi connectivity index (χ4n) is 1.36. The van der Waals surface area contributed by atoms with Crippen LogP contribution >= 0.6 is 11.8 Å². The summed E-state index contributed by atoms with van der Waals surface area (Å²) >= 11 is 1.61. The molecule has 1 amide bonds. The summed E-state index contributed by atoms with van der Waals surface area (Å²) in [5.41, 5.74) is 1.30. The average Bonchev–Trinajstić information content (AvgIpc) is 2.36. The third kappa shape index (κ3) is 6.34. The molecule has 94 valence electrons. The quantitative estimate of drug-likeness (QED) is 0.723. The maximum absolute atomic E-state index is 11.4. The predicted octanol–water partition coefficient (Wildman–Crippen LogP) is 1.46. The number of carbonyl (C=O) groups excluding carboxylic acids is 1. The van der Waals surface area contributed by atoms with Gasteiger partial charge in [-0.15, -0.1) is 0 Å². The first kappa shape index (κ1) is 14.1. The van der Waals surface area contributed by atoms with Crippen LogP contribution in [-0.4, -0.2) is 35.2 Å². The smallest absolute Gasteiger partial charge is 0.230 e. The van der Waals surface area contributed by atoms with Crippen molar-refractivity contribution in [2.75, 3.05) is 18.1 Å². The summed E-state index contributed by atoms with van der Waals surface area (Å²) in [4.78, 5) is 11.4. The minimum Gasteiger partial charge on any atom is -0.394 e. The summed E-state index contributed by atoms with van der Waals surface area (Å²) in [7, 11) is 0. The van der Waals surface area contributed by atoms with Crippen LogP contribution in [0.4, 0.5) is 0 Å². The van der Waals surface area contributed by atoms with Crippen molar-refractivity contribution in [1.29, 1.82) is 0 Å². The molecule has 0 aliphatic carbocycles. The van der Waals surface area contributed by atoms with E-state index in [2.05, 4.69) is 17.4 Å². The lowest BCUT2D eigenvalue weighted by Gasteiger charge is -2.10. The number of aryl methyl sites for hydroxylation is 1. The molecule has 0 saturated heterocycles. The van der Waals surface area contributed by atoms with Crippen molar-refractivity contribution in [2.24, 2.45) is 0 Å². The third-order valence-electron chi connectivity index (χ3n) is 2.29. The van der Waals surface area contributed by atoms with Gasteiger partial charge in [0.05, 0.1) is 12.4 Å². The molecule has 1 aromatic rings. The fourth-order valence-corrected chi connectivity index (χ4v) is 2.15. The summed E-state index contributed by atoms with van der Waals surface area (Å²) in [5.74, 6) is 1.38. The van der Waals surface area contributed by atoms with E-state index < -0.39 is 0 Å². The van der Waals surface area contributed by atoms with Crippen molar-refractivity contribution in [3.8, 4) is 0 Å². The standard InChI is InChI=1S/C13H19NO2S/c1-11(9-15)14-13(16)10-17-8-7-12-5-3-2-4-6-12/h2-6,11,15H,7-10H2,1H3,(H,14,16)/t11-/m0/s1. The number of carbonyl (C=O) groups is 1. The third-order valence-corrected chi connectivity index (χ3v) is 3.25. The Hall–Kier alpha value is -1.00. The molecule has 0 spiro atoms. The molecule has 0 heterocycles. The van der Waals surface area contributed by atoms with Gasteiger partial charge in [-0.3, -0.25) is 4.79 Å². The molecular weight excluding hydrogens is 234 g/mol. The van der Waals surface area contributed by atoms with Gasteiger partial charge in [0.25, 0.3) is 0 Å². The van der Waals surface area contributed by atoms with E-state index in [4.69, 9.17) is 5.11 Å². The molecule has 0 aliphatic rings. The van der Waals surface area contributed by atoms with E-state index in [0.29, 0.717) is 5.75 Å². The van der Waals surface area contributed by atoms with Crippen LogP contribution in [0, 0.1) is 0 Å². The Kier molecular flexibility index (Phi) is 6.74. The van der Waals surface area contributed by atoms with E-state index in [0.717, 1.165) is 12.2 Å². The van der Waals surface area contributed by atoms with Gasteiger partial charge < -0.3 is 10.4 Å². The Balaban J connectivity index is 2.10. The van der Waals surface area contributed by atoms with Crippen LogP contribution in [0.3, 0.4) is 0 Å². The van der Waals surface area contributed by atoms with E-state index in [1.165, 1.54) is 5.56 Å². The summed E-state index contributed by atoms with van der Waals surface area (Å²) < 4.78 is 0. The number of aliphatic hydroxyl groups excluding tert-OH is 1. The first-order chi connectivity index (χ1) is 8.22. The molecule has 0 aliphatic heterocycles. The number of nitrogens with one attached hydrogen (secondary N) is 1. The van der Waals surface area contributed by atoms with Gasteiger partial charge in [-0.05, 0) is 24.7 Å². The highest BCUT2D eigenvalue weighted by Crippen LogP contribution is 2.06. The molecule has 1 atom stereocenters. The van der Waals surface area contributed by atoms with Gasteiger partial charge in [0, 0.05) is 6.04 Å². The summed E-state index contributed by atoms with van der Waals surface area (Å²) in [6.07, 6.45) is 0.980. The monoisotopic (exact) mass is 253 g/mol. The van der Waals surface area contributed by atoms with Gasteiger partial charge in [-0.2, -0.15) is 11.8 Å². The van der Waals surface area contributed by atoms with Gasteiger partial charge >= 0.3 is 0 Å². The highest BCUT2D eigenvalue weighted by Gasteiger charge is 2.05. The number of amides is 1. The molecule has 0 unspecified atom stereocenters. The van der Waals surface area contributed by atoms with Crippen molar-refractivity contribution in [3.63, 3.8) is 0 Å². The van der Waals surface area contributed by atoms with Crippen LogP contribution in [0.15, 0.2) is 30.3 Å². The molecule has 4 heteroatoms. The second-order valence-electron chi connectivity index (χ2n) is 3.94. The molecule has 0 saturated carbocycles. The highest BCUT2D eigenvalue weighted by atomic mass is 32.2. The summed E-state index contributed by atoms with van der Waals surface area (Å²) in [5, 5.41) is 11.5. The molecule has 0 aromatic heterocycles. The van der Waals surface area contributed by atoms with Gasteiger partial charge in [0.15, 0.2) is 0 Å². The zero-order valence-electron chi connectivity index (χ0n) is 10.1. The Bertz CT molecular complexity index is 329. The Labute approximate surface area is 107 Å². The minimum atomic E-state index is -0.155. The lowest BCUT2D eigenvalue weighted by atomic mass is 10.2. The number of hydrogen-bond acceptors (Lipinski definition) is 3. The Morgan fingerprint density at radius 2 is 2.12 bits per heavy atom. The van der Waals surface area contributed by atoms with Crippen molar-refractivity contribution in [1.82, 2.24) is 5.32 Å². The van der Waals surface area contributed by atoms with Crippen molar-refractivity contribution in [2.45, 2.75) is 19.4 Å². The molecule has 3 nitrogen and oxygen atoms in total. The van der Waals surface area contributed by atoms with Crippen LogP contribution in [0.5, 0.6) is 0 Å². The lowest BCUT2D eigenvalue weighted by Crippen LogP contribution is -2.36. The molecule has 2 N–H and O–H groups in total. The number of benzene rings is 1. The van der Waals surface area contributed by atoms with Crippen LogP contribution in [-0.2, 0) is 11.2 Å².